The first-order valence-electron chi connectivity index (χ1n) is 15.5. The van der Waals surface area contributed by atoms with E-state index in [1.54, 1.807) is 0 Å². The van der Waals surface area contributed by atoms with E-state index in [0.717, 1.165) is 56.4 Å². The van der Waals surface area contributed by atoms with Gasteiger partial charge < -0.3 is 5.73 Å². The zero-order valence-corrected chi connectivity index (χ0v) is 25.8. The van der Waals surface area contributed by atoms with Gasteiger partial charge in [-0.15, -0.1) is 5.06 Å². The maximum absolute atomic E-state index is 14.5. The molecule has 4 saturated carbocycles. The largest absolute Gasteiger partial charge is 0.327 e. The number of carbonyl (C=O) groups is 2. The lowest BCUT2D eigenvalue weighted by Crippen LogP contribution is -2.67. The second kappa shape index (κ2) is 8.93. The van der Waals surface area contributed by atoms with Crippen molar-refractivity contribution in [3.05, 3.63) is 11.6 Å². The average Bonchev–Trinajstić information content (AvgIpc) is 2.87. The van der Waals surface area contributed by atoms with E-state index in [0.29, 0.717) is 24.7 Å². The molecule has 5 rings (SSSR count). The van der Waals surface area contributed by atoms with Crippen LogP contribution in [0.2, 0.25) is 0 Å². The van der Waals surface area contributed by atoms with Crippen molar-refractivity contribution in [2.24, 2.45) is 56.0 Å². The summed E-state index contributed by atoms with van der Waals surface area (Å²) in [5.74, 6) is 0.851. The van der Waals surface area contributed by atoms with Crippen molar-refractivity contribution in [2.45, 2.75) is 119 Å². The van der Waals surface area contributed by atoms with Gasteiger partial charge in [-0.3, -0.25) is 14.4 Å². The van der Waals surface area contributed by atoms with Crippen LogP contribution >= 0.6 is 0 Å². The molecule has 0 saturated heterocycles. The van der Waals surface area contributed by atoms with E-state index in [1.807, 2.05) is 6.92 Å². The Kier molecular flexibility index (Phi) is 6.61. The molecule has 0 aromatic heterocycles. The minimum atomic E-state index is -0.612. The molecule has 216 valence electrons. The molecule has 0 spiro atoms. The van der Waals surface area contributed by atoms with Gasteiger partial charge in [0.1, 0.15) is 0 Å². The first-order valence-corrected chi connectivity index (χ1v) is 15.5. The van der Waals surface area contributed by atoms with E-state index in [4.69, 9.17) is 17.0 Å². The molecule has 5 heteroatoms. The molecule has 4 fully saturated rings. The number of terminal acetylenes is 1. The van der Waals surface area contributed by atoms with Crippen molar-refractivity contribution in [3.8, 4) is 12.5 Å². The van der Waals surface area contributed by atoms with E-state index in [2.05, 4.69) is 60.6 Å². The molecule has 0 aromatic carbocycles. The van der Waals surface area contributed by atoms with Gasteiger partial charge in [0.05, 0.1) is 12.0 Å². The molecule has 0 bridgehead atoms. The SMILES string of the molecule is C#CN(OCC)C(=O)[C@@]1(C)CC[C@]2(C)CC[C@]3(C)C(=CC(=O)[C@@H]4[C@@]5(C)CC[C@H](N)C(C)(C)C5CC[C@]43C)[C@@H]2C1. The second-order valence-electron chi connectivity index (χ2n) is 15.9. The third kappa shape index (κ3) is 3.72. The molecular weight excluding hydrogens is 484 g/mol. The number of fused-ring (bicyclic) bond motifs is 7. The van der Waals surface area contributed by atoms with Gasteiger partial charge in [0, 0.05) is 18.0 Å². The quantitative estimate of drug-likeness (QED) is 0.249. The van der Waals surface area contributed by atoms with Crippen molar-refractivity contribution < 1.29 is 14.4 Å². The molecular formula is C34H52N2O3. The van der Waals surface area contributed by atoms with Crippen LogP contribution in [0.4, 0.5) is 0 Å². The highest BCUT2D eigenvalue weighted by molar-refractivity contribution is 5.95. The number of amides is 1. The lowest BCUT2D eigenvalue weighted by molar-refractivity contribution is -0.191. The fourth-order valence-electron chi connectivity index (χ4n) is 10.9. The van der Waals surface area contributed by atoms with E-state index in [1.165, 1.54) is 5.57 Å². The molecule has 9 atom stereocenters. The Bertz CT molecular complexity index is 1140. The summed E-state index contributed by atoms with van der Waals surface area (Å²) in [7, 11) is 0. The van der Waals surface area contributed by atoms with Crippen LogP contribution in [0.3, 0.4) is 0 Å². The number of rotatable bonds is 3. The minimum absolute atomic E-state index is 0.0140. The van der Waals surface area contributed by atoms with Gasteiger partial charge in [0.2, 0.25) is 0 Å². The number of nitrogens with zero attached hydrogens (tertiary/aromatic N) is 1. The fraction of sp³-hybridized carbons (Fsp3) is 0.824. The van der Waals surface area contributed by atoms with E-state index in [-0.39, 0.29) is 50.9 Å². The maximum Gasteiger partial charge on any atom is 0.264 e. The number of hydrogen-bond acceptors (Lipinski definition) is 4. The van der Waals surface area contributed by atoms with E-state index < -0.39 is 5.41 Å². The van der Waals surface area contributed by atoms with Gasteiger partial charge in [-0.2, -0.15) is 0 Å². The number of allylic oxidation sites excluding steroid dienone is 2. The lowest BCUT2D eigenvalue weighted by atomic mass is 9.33. The van der Waals surface area contributed by atoms with Crippen molar-refractivity contribution in [3.63, 3.8) is 0 Å². The third-order valence-corrected chi connectivity index (χ3v) is 13.8. The number of hydroxylamine groups is 2. The monoisotopic (exact) mass is 536 g/mol. The molecule has 2 N–H and O–H groups in total. The molecule has 5 aliphatic rings. The van der Waals surface area contributed by atoms with Crippen molar-refractivity contribution >= 4 is 11.7 Å². The Balaban J connectivity index is 1.57. The molecule has 0 aromatic rings. The number of hydrogen-bond donors (Lipinski definition) is 1. The number of carbonyl (C=O) groups excluding carboxylic acids is 2. The molecule has 0 heterocycles. The number of nitrogens with two attached hydrogens (primary N) is 1. The smallest absolute Gasteiger partial charge is 0.264 e. The van der Waals surface area contributed by atoms with Crippen molar-refractivity contribution in [2.75, 3.05) is 6.61 Å². The van der Waals surface area contributed by atoms with Crippen LogP contribution in [0, 0.1) is 62.7 Å². The van der Waals surface area contributed by atoms with Crippen LogP contribution in [-0.4, -0.2) is 29.4 Å². The van der Waals surface area contributed by atoms with E-state index >= 15 is 0 Å². The second-order valence-corrected chi connectivity index (χ2v) is 15.9. The zero-order chi connectivity index (χ0) is 28.8. The highest BCUT2D eigenvalue weighted by atomic mass is 16.7. The molecule has 1 unspecified atom stereocenters. The van der Waals surface area contributed by atoms with Gasteiger partial charge in [0.25, 0.3) is 5.91 Å². The van der Waals surface area contributed by atoms with Gasteiger partial charge in [-0.1, -0.05) is 60.5 Å². The fourth-order valence-corrected chi connectivity index (χ4v) is 10.9. The van der Waals surface area contributed by atoms with Gasteiger partial charge in [-0.25, -0.2) is 0 Å². The van der Waals surface area contributed by atoms with Gasteiger partial charge in [0.15, 0.2) is 5.78 Å². The van der Waals surface area contributed by atoms with Gasteiger partial charge >= 0.3 is 0 Å². The minimum Gasteiger partial charge on any atom is -0.327 e. The topological polar surface area (TPSA) is 72.6 Å². The summed E-state index contributed by atoms with van der Waals surface area (Å²) in [6, 6.07) is 2.63. The summed E-state index contributed by atoms with van der Waals surface area (Å²) in [6.45, 7) is 18.6. The average molecular weight is 537 g/mol. The molecule has 0 aliphatic heterocycles. The van der Waals surface area contributed by atoms with Crippen molar-refractivity contribution in [1.82, 2.24) is 5.06 Å². The van der Waals surface area contributed by atoms with Crippen LogP contribution in [0.1, 0.15) is 113 Å². The lowest BCUT2D eigenvalue weighted by Gasteiger charge is -2.70. The molecule has 5 aliphatic carbocycles. The Morgan fingerprint density at radius 3 is 2.36 bits per heavy atom. The standard InChI is InChI=1S/C34H52N2O3/c1-10-36(39-11-2)28(38)31(6)17-16-30(5)18-19-33(8)22(23(30)21-31)20-24(37)27-32(7)14-13-26(35)29(3,4)25(32)12-15-34(27,33)9/h1,20,23,25-27H,11-19,21,35H2,2-9H3/t23-,25?,26-,27+,30+,31-,32-,33+,34+/m0/s1. The predicted molar refractivity (Wildman–Crippen MR) is 155 cm³/mol. The van der Waals surface area contributed by atoms with Crippen LogP contribution < -0.4 is 5.73 Å². The zero-order valence-electron chi connectivity index (χ0n) is 25.8. The Labute approximate surface area is 237 Å². The van der Waals surface area contributed by atoms with Crippen molar-refractivity contribution in [1.29, 1.82) is 0 Å². The summed E-state index contributed by atoms with van der Waals surface area (Å²) >= 11 is 0. The maximum atomic E-state index is 14.5. The normalized spacial score (nSPS) is 48.4. The predicted octanol–water partition coefficient (Wildman–Crippen LogP) is 6.67. The molecule has 1 amide bonds. The van der Waals surface area contributed by atoms with Crippen LogP contribution in [0.5, 0.6) is 0 Å². The summed E-state index contributed by atoms with van der Waals surface area (Å²) in [6.07, 6.45) is 16.7. The van der Waals surface area contributed by atoms with Gasteiger partial charge in [-0.05, 0) is 110 Å². The Morgan fingerprint density at radius 2 is 1.72 bits per heavy atom. The van der Waals surface area contributed by atoms with E-state index in [9.17, 15) is 9.59 Å². The molecule has 39 heavy (non-hydrogen) atoms. The summed E-state index contributed by atoms with van der Waals surface area (Å²) in [5, 5.41) is 1.11. The molecule has 5 nitrogen and oxygen atoms in total. The van der Waals surface area contributed by atoms with Crippen LogP contribution in [0.25, 0.3) is 0 Å². The molecule has 0 radical (unpaired) electrons. The Hall–Kier alpha value is -1.64. The Morgan fingerprint density at radius 1 is 1.05 bits per heavy atom. The van der Waals surface area contributed by atoms with Crippen LogP contribution in [-0.2, 0) is 14.4 Å². The third-order valence-electron chi connectivity index (χ3n) is 13.8. The van der Waals surface area contributed by atoms with Crippen LogP contribution in [0.15, 0.2) is 11.6 Å². The first-order chi connectivity index (χ1) is 18.0. The summed E-state index contributed by atoms with van der Waals surface area (Å²) < 4.78 is 0. The summed E-state index contributed by atoms with van der Waals surface area (Å²) in [4.78, 5) is 33.7. The highest BCUT2D eigenvalue weighted by Crippen LogP contribution is 2.75. The summed E-state index contributed by atoms with van der Waals surface area (Å²) in [5.41, 5.74) is 7.28. The first kappa shape index (κ1) is 28.9. The highest BCUT2D eigenvalue weighted by Gasteiger charge is 2.70. The number of ketones is 1.